The van der Waals surface area contributed by atoms with Crippen LogP contribution in [0.2, 0.25) is 0 Å². The zero-order valence-electron chi connectivity index (χ0n) is 12.1. The van der Waals surface area contributed by atoms with Crippen molar-refractivity contribution in [2.24, 2.45) is 23.7 Å². The Hall–Kier alpha value is -0.810. The van der Waals surface area contributed by atoms with Crippen LogP contribution in [0.4, 0.5) is 13.2 Å². The van der Waals surface area contributed by atoms with Crippen molar-refractivity contribution < 1.29 is 18.3 Å². The second kappa shape index (κ2) is 4.84. The van der Waals surface area contributed by atoms with E-state index in [2.05, 4.69) is 0 Å². The molecule has 0 amide bonds. The van der Waals surface area contributed by atoms with Gasteiger partial charge in [0.05, 0.1) is 0 Å². The molecule has 0 aromatic carbocycles. The summed E-state index contributed by atoms with van der Waals surface area (Å²) >= 11 is 0.968. The lowest BCUT2D eigenvalue weighted by Gasteiger charge is -2.52. The topological polar surface area (TPSA) is 20.2 Å². The first-order chi connectivity index (χ1) is 10.4. The summed E-state index contributed by atoms with van der Waals surface area (Å²) in [5.41, 5.74) is -1.95. The normalized spacial score (nSPS) is 36.5. The molecule has 120 valence electrons. The van der Waals surface area contributed by atoms with E-state index in [0.29, 0.717) is 11.8 Å². The summed E-state index contributed by atoms with van der Waals surface area (Å²) < 4.78 is 40.8. The Labute approximate surface area is 131 Å². The van der Waals surface area contributed by atoms with Gasteiger partial charge >= 0.3 is 6.18 Å². The van der Waals surface area contributed by atoms with Crippen molar-refractivity contribution in [1.82, 2.24) is 0 Å². The average Bonchev–Trinajstić information content (AvgIpc) is 2.95. The van der Waals surface area contributed by atoms with Crippen LogP contribution in [-0.4, -0.2) is 11.3 Å². The van der Waals surface area contributed by atoms with Crippen LogP contribution < -0.4 is 0 Å². The van der Waals surface area contributed by atoms with Crippen LogP contribution in [0, 0.1) is 23.7 Å². The molecule has 4 aliphatic rings. The van der Waals surface area contributed by atoms with Gasteiger partial charge in [0.1, 0.15) is 0 Å². The molecule has 4 saturated carbocycles. The smallest absolute Gasteiger partial charge is 0.372 e. The number of thiophene rings is 1. The molecule has 5 heteroatoms. The van der Waals surface area contributed by atoms with Crippen LogP contribution >= 0.6 is 11.3 Å². The van der Waals surface area contributed by atoms with Crippen LogP contribution in [0.25, 0.3) is 0 Å². The lowest BCUT2D eigenvalue weighted by Crippen LogP contribution is -2.44. The van der Waals surface area contributed by atoms with Gasteiger partial charge in [0.25, 0.3) is 0 Å². The van der Waals surface area contributed by atoms with Gasteiger partial charge in [-0.25, -0.2) is 0 Å². The molecule has 0 radical (unpaired) electrons. The van der Waals surface area contributed by atoms with Gasteiger partial charge in [-0.2, -0.15) is 13.2 Å². The van der Waals surface area contributed by atoms with E-state index >= 15 is 0 Å². The summed E-state index contributed by atoms with van der Waals surface area (Å²) in [5, 5.41) is 12.1. The molecule has 1 atom stereocenters. The third-order valence-corrected chi connectivity index (χ3v) is 6.78. The molecular formula is C17H19F3OS. The Morgan fingerprint density at radius 1 is 1.05 bits per heavy atom. The van der Waals surface area contributed by atoms with Crippen molar-refractivity contribution in [3.63, 3.8) is 0 Å². The lowest BCUT2D eigenvalue weighted by atomic mass is 9.54. The van der Waals surface area contributed by atoms with Gasteiger partial charge in [0, 0.05) is 4.88 Å². The quantitative estimate of drug-likeness (QED) is 0.767. The molecule has 5 rings (SSSR count). The highest BCUT2D eigenvalue weighted by Gasteiger charge is 2.56. The van der Waals surface area contributed by atoms with Crippen molar-refractivity contribution >= 4 is 11.3 Å². The first-order valence-corrected chi connectivity index (χ1v) is 8.80. The fourth-order valence-corrected chi connectivity index (χ4v) is 5.81. The first-order valence-electron chi connectivity index (χ1n) is 7.92. The highest BCUT2D eigenvalue weighted by molar-refractivity contribution is 7.10. The van der Waals surface area contributed by atoms with Crippen LogP contribution in [0.15, 0.2) is 29.2 Å². The van der Waals surface area contributed by atoms with Gasteiger partial charge in [-0.3, -0.25) is 0 Å². The molecule has 4 fully saturated rings. The Morgan fingerprint density at radius 2 is 1.64 bits per heavy atom. The minimum absolute atomic E-state index is 0.0266. The van der Waals surface area contributed by atoms with Crippen molar-refractivity contribution in [2.75, 3.05) is 0 Å². The van der Waals surface area contributed by atoms with Crippen molar-refractivity contribution in [1.29, 1.82) is 0 Å². The minimum Gasteiger partial charge on any atom is -0.372 e. The van der Waals surface area contributed by atoms with E-state index in [1.165, 1.54) is 18.6 Å². The predicted molar refractivity (Wildman–Crippen MR) is 79.4 cm³/mol. The molecule has 4 bridgehead atoms. The Kier molecular flexibility index (Phi) is 3.25. The Morgan fingerprint density at radius 3 is 2.09 bits per heavy atom. The summed E-state index contributed by atoms with van der Waals surface area (Å²) in [6.07, 6.45) is 1.79. The van der Waals surface area contributed by atoms with E-state index in [9.17, 15) is 18.3 Å². The van der Waals surface area contributed by atoms with Gasteiger partial charge in [-0.1, -0.05) is 11.6 Å². The average molecular weight is 328 g/mol. The van der Waals surface area contributed by atoms with Crippen LogP contribution in [0.3, 0.4) is 0 Å². The van der Waals surface area contributed by atoms with Crippen molar-refractivity contribution in [2.45, 2.75) is 43.9 Å². The van der Waals surface area contributed by atoms with Crippen molar-refractivity contribution in [3.8, 4) is 0 Å². The molecule has 1 nitrogen and oxygen atoms in total. The largest absolute Gasteiger partial charge is 0.425 e. The van der Waals surface area contributed by atoms with E-state index in [1.54, 1.807) is 11.4 Å². The molecule has 0 saturated heterocycles. The number of halogens is 3. The highest BCUT2D eigenvalue weighted by Crippen LogP contribution is 2.57. The predicted octanol–water partition coefficient (Wildman–Crippen LogP) is 4.88. The molecule has 1 aromatic heterocycles. The molecule has 1 N–H and O–H groups in total. The molecule has 4 aliphatic carbocycles. The molecule has 0 spiro atoms. The summed E-state index contributed by atoms with van der Waals surface area (Å²) in [6.45, 7) is 0. The van der Waals surface area contributed by atoms with Crippen molar-refractivity contribution in [3.05, 3.63) is 34.0 Å². The number of hydrogen-bond donors (Lipinski definition) is 1. The molecule has 1 heterocycles. The Balaban J connectivity index is 1.76. The van der Waals surface area contributed by atoms with Crippen LogP contribution in [-0.2, 0) is 5.60 Å². The maximum absolute atomic E-state index is 13.6. The third-order valence-electron chi connectivity index (χ3n) is 5.79. The number of allylic oxidation sites excluding steroid dienone is 1. The van der Waals surface area contributed by atoms with Gasteiger partial charge in [-0.15, -0.1) is 11.3 Å². The van der Waals surface area contributed by atoms with Crippen LogP contribution in [0.5, 0.6) is 0 Å². The molecule has 1 aromatic rings. The molecule has 0 unspecified atom stereocenters. The highest BCUT2D eigenvalue weighted by atomic mass is 32.1. The van der Waals surface area contributed by atoms with Gasteiger partial charge < -0.3 is 5.11 Å². The van der Waals surface area contributed by atoms with Gasteiger partial charge in [0.15, 0.2) is 0 Å². The standard InChI is InChI=1S/C17H19F3OS/c18-17(19,20)16(21,15-2-1-3-22-15)9-14-12-5-10-4-11(7-12)8-13(14)6-10/h1-3,9-13,21H,4-8H2/t10?,11?,12?,13?,16-/m0/s1. The third kappa shape index (κ3) is 2.16. The lowest BCUT2D eigenvalue weighted by molar-refractivity contribution is -0.244. The van der Waals surface area contributed by atoms with E-state index in [0.717, 1.165) is 42.6 Å². The number of hydrogen-bond acceptors (Lipinski definition) is 2. The van der Waals surface area contributed by atoms with Gasteiger partial charge in [-0.05, 0) is 73.3 Å². The number of rotatable bonds is 2. The SMILES string of the molecule is O[C@@](C=C1C2CC3CC(C2)CC1C3)(c1cccs1)C(F)(F)F. The maximum Gasteiger partial charge on any atom is 0.425 e. The first kappa shape index (κ1) is 14.8. The second-order valence-corrected chi connectivity index (χ2v) is 8.14. The van der Waals surface area contributed by atoms with Gasteiger partial charge in [0.2, 0.25) is 5.60 Å². The summed E-state index contributed by atoms with van der Waals surface area (Å²) in [6, 6.07) is 2.94. The van der Waals surface area contributed by atoms with E-state index in [4.69, 9.17) is 0 Å². The molecule has 0 aliphatic heterocycles. The zero-order valence-corrected chi connectivity index (χ0v) is 13.0. The maximum atomic E-state index is 13.6. The summed E-state index contributed by atoms with van der Waals surface area (Å²) in [4.78, 5) is -0.0266. The summed E-state index contributed by atoms with van der Waals surface area (Å²) in [5.74, 6) is 1.90. The van der Waals surface area contributed by atoms with E-state index in [1.807, 2.05) is 0 Å². The second-order valence-electron chi connectivity index (χ2n) is 7.19. The van der Waals surface area contributed by atoms with E-state index in [-0.39, 0.29) is 16.7 Å². The van der Waals surface area contributed by atoms with Crippen LogP contribution in [0.1, 0.15) is 37.0 Å². The monoisotopic (exact) mass is 328 g/mol. The number of alkyl halides is 3. The molecular weight excluding hydrogens is 309 g/mol. The molecule has 22 heavy (non-hydrogen) atoms. The van der Waals surface area contributed by atoms with E-state index < -0.39 is 11.8 Å². The minimum atomic E-state index is -4.68. The Bertz CT molecular complexity index is 560. The summed E-state index contributed by atoms with van der Waals surface area (Å²) in [7, 11) is 0. The fraction of sp³-hybridized carbons (Fsp3) is 0.647. The number of aliphatic hydroxyl groups is 1. The zero-order chi connectivity index (χ0) is 15.5. The fourth-order valence-electron chi connectivity index (χ4n) is 4.99.